The summed E-state index contributed by atoms with van der Waals surface area (Å²) in [5, 5.41) is 0.0376. The highest BCUT2D eigenvalue weighted by atomic mass is 35.5. The van der Waals surface area contributed by atoms with E-state index < -0.39 is 0 Å². The second-order valence-electron chi connectivity index (χ2n) is 5.02. The fourth-order valence-electron chi connectivity index (χ4n) is 1.95. The molecule has 23 heavy (non-hydrogen) atoms. The zero-order chi connectivity index (χ0) is 16.8. The van der Waals surface area contributed by atoms with Crippen LogP contribution in [-0.4, -0.2) is 16.5 Å². The number of aryl methyl sites for hydroxylation is 1. The minimum Gasteiger partial charge on any atom is -0.466 e. The second-order valence-corrected chi connectivity index (χ2v) is 6.95. The minimum atomic E-state index is -0.325. The van der Waals surface area contributed by atoms with Gasteiger partial charge in [0.15, 0.2) is 0 Å². The SMILES string of the molecule is CCCCOC(=O)CCc1ccc(-n2sc(Cl)c(Cl)c2=O)cc1. The van der Waals surface area contributed by atoms with Gasteiger partial charge in [-0.1, -0.05) is 48.7 Å². The summed E-state index contributed by atoms with van der Waals surface area (Å²) in [4.78, 5) is 23.5. The van der Waals surface area contributed by atoms with E-state index in [1.807, 2.05) is 24.3 Å². The highest BCUT2D eigenvalue weighted by Gasteiger charge is 2.12. The predicted octanol–water partition coefficient (Wildman–Crippen LogP) is 4.48. The summed E-state index contributed by atoms with van der Waals surface area (Å²) < 4.78 is 6.83. The number of halogens is 2. The lowest BCUT2D eigenvalue weighted by atomic mass is 10.1. The molecule has 1 heterocycles. The van der Waals surface area contributed by atoms with Crippen molar-refractivity contribution in [2.45, 2.75) is 32.6 Å². The number of hydrogen-bond acceptors (Lipinski definition) is 4. The van der Waals surface area contributed by atoms with E-state index in [9.17, 15) is 9.59 Å². The smallest absolute Gasteiger partial charge is 0.306 e. The number of carbonyl (C=O) groups is 1. The van der Waals surface area contributed by atoms with Crippen molar-refractivity contribution in [3.8, 4) is 5.69 Å². The Morgan fingerprint density at radius 2 is 1.96 bits per heavy atom. The summed E-state index contributed by atoms with van der Waals surface area (Å²) in [6, 6.07) is 7.37. The van der Waals surface area contributed by atoms with Crippen LogP contribution in [0.3, 0.4) is 0 Å². The van der Waals surface area contributed by atoms with Gasteiger partial charge in [0, 0.05) is 6.42 Å². The molecule has 0 N–H and O–H groups in total. The van der Waals surface area contributed by atoms with Crippen molar-refractivity contribution in [2.75, 3.05) is 6.61 Å². The molecule has 7 heteroatoms. The lowest BCUT2D eigenvalue weighted by Gasteiger charge is -2.05. The van der Waals surface area contributed by atoms with Crippen molar-refractivity contribution in [3.05, 3.63) is 49.5 Å². The predicted molar refractivity (Wildman–Crippen MR) is 94.1 cm³/mol. The zero-order valence-electron chi connectivity index (χ0n) is 12.7. The van der Waals surface area contributed by atoms with Crippen LogP contribution in [0.1, 0.15) is 31.7 Å². The summed E-state index contributed by atoms with van der Waals surface area (Å²) >= 11 is 12.8. The van der Waals surface area contributed by atoms with E-state index in [0.29, 0.717) is 25.1 Å². The molecule has 0 saturated heterocycles. The first-order chi connectivity index (χ1) is 11.0. The van der Waals surface area contributed by atoms with E-state index >= 15 is 0 Å². The summed E-state index contributed by atoms with van der Waals surface area (Å²) in [5.74, 6) is -0.185. The van der Waals surface area contributed by atoms with Gasteiger partial charge in [-0.2, -0.15) is 0 Å². The highest BCUT2D eigenvalue weighted by Crippen LogP contribution is 2.25. The van der Waals surface area contributed by atoms with Gasteiger partial charge in [0.1, 0.15) is 9.36 Å². The van der Waals surface area contributed by atoms with Crippen molar-refractivity contribution in [1.82, 2.24) is 3.96 Å². The number of ether oxygens (including phenoxy) is 1. The lowest BCUT2D eigenvalue weighted by molar-refractivity contribution is -0.143. The molecule has 0 unspecified atom stereocenters. The summed E-state index contributed by atoms with van der Waals surface area (Å²) in [6.07, 6.45) is 2.84. The molecule has 0 bridgehead atoms. The van der Waals surface area contributed by atoms with E-state index in [1.165, 1.54) is 3.96 Å². The van der Waals surface area contributed by atoms with Gasteiger partial charge in [-0.15, -0.1) is 0 Å². The number of carbonyl (C=O) groups excluding carboxylic acids is 1. The monoisotopic (exact) mass is 373 g/mol. The molecule has 4 nitrogen and oxygen atoms in total. The molecule has 0 saturated carbocycles. The van der Waals surface area contributed by atoms with Crippen LogP contribution in [0.4, 0.5) is 0 Å². The molecule has 0 radical (unpaired) electrons. The fourth-order valence-corrected chi connectivity index (χ4v) is 3.21. The molecule has 0 fully saturated rings. The Balaban J connectivity index is 1.96. The lowest BCUT2D eigenvalue weighted by Crippen LogP contribution is -2.11. The summed E-state index contributed by atoms with van der Waals surface area (Å²) in [6.45, 7) is 2.53. The molecule has 1 aromatic heterocycles. The third-order valence-corrected chi connectivity index (χ3v) is 5.14. The average Bonchev–Trinajstić information content (AvgIpc) is 2.81. The molecule has 0 aliphatic carbocycles. The van der Waals surface area contributed by atoms with E-state index in [4.69, 9.17) is 27.9 Å². The Kier molecular flexibility index (Phi) is 6.69. The maximum Gasteiger partial charge on any atom is 0.306 e. The summed E-state index contributed by atoms with van der Waals surface area (Å²) in [5.41, 5.74) is 1.37. The van der Waals surface area contributed by atoms with E-state index in [0.717, 1.165) is 29.9 Å². The molecule has 0 amide bonds. The maximum absolute atomic E-state index is 11.9. The molecule has 0 aliphatic rings. The molecule has 0 spiro atoms. The van der Waals surface area contributed by atoms with Crippen LogP contribution in [0.2, 0.25) is 9.36 Å². The van der Waals surface area contributed by atoms with Gasteiger partial charge in [-0.05, 0) is 42.1 Å². The van der Waals surface area contributed by atoms with Crippen molar-refractivity contribution in [1.29, 1.82) is 0 Å². The standard InChI is InChI=1S/C16H17Cl2NO3S/c1-2-3-10-22-13(20)9-6-11-4-7-12(8-5-11)19-16(21)14(17)15(18)23-19/h4-5,7-8H,2-3,6,9-10H2,1H3. The van der Waals surface area contributed by atoms with Crippen LogP contribution in [0, 0.1) is 0 Å². The van der Waals surface area contributed by atoms with Gasteiger partial charge < -0.3 is 4.74 Å². The van der Waals surface area contributed by atoms with E-state index in [-0.39, 0.29) is 20.9 Å². The summed E-state index contributed by atoms with van der Waals surface area (Å²) in [7, 11) is 0. The van der Waals surface area contributed by atoms with Crippen LogP contribution in [0.25, 0.3) is 5.69 Å². The van der Waals surface area contributed by atoms with Crippen molar-refractivity contribution >= 4 is 40.7 Å². The third kappa shape index (κ3) is 4.83. The largest absolute Gasteiger partial charge is 0.466 e. The molecule has 1 aromatic carbocycles. The van der Waals surface area contributed by atoms with Gasteiger partial charge in [0.05, 0.1) is 12.3 Å². The van der Waals surface area contributed by atoms with Crippen LogP contribution in [-0.2, 0) is 16.0 Å². The number of aromatic nitrogens is 1. The van der Waals surface area contributed by atoms with Crippen molar-refractivity contribution in [3.63, 3.8) is 0 Å². The second kappa shape index (κ2) is 8.52. The minimum absolute atomic E-state index is 0.0376. The number of benzene rings is 1. The Labute approximate surface area is 148 Å². The van der Waals surface area contributed by atoms with Gasteiger partial charge in [0.2, 0.25) is 0 Å². The average molecular weight is 374 g/mol. The van der Waals surface area contributed by atoms with Gasteiger partial charge in [0.25, 0.3) is 5.56 Å². The number of nitrogens with zero attached hydrogens (tertiary/aromatic N) is 1. The fraction of sp³-hybridized carbons (Fsp3) is 0.375. The van der Waals surface area contributed by atoms with Crippen LogP contribution < -0.4 is 5.56 Å². The Bertz CT molecular complexity index is 722. The first kappa shape index (κ1) is 18.0. The van der Waals surface area contributed by atoms with Crippen LogP contribution in [0.5, 0.6) is 0 Å². The van der Waals surface area contributed by atoms with Crippen LogP contribution >= 0.6 is 34.7 Å². The molecule has 0 atom stereocenters. The third-order valence-electron chi connectivity index (χ3n) is 3.27. The molecular formula is C16H17Cl2NO3S. The van der Waals surface area contributed by atoms with Crippen molar-refractivity contribution < 1.29 is 9.53 Å². The first-order valence-corrected chi connectivity index (χ1v) is 8.88. The number of unbranched alkanes of at least 4 members (excludes halogenated alkanes) is 1. The van der Waals surface area contributed by atoms with Crippen molar-refractivity contribution in [2.24, 2.45) is 0 Å². The quantitative estimate of drug-likeness (QED) is 0.530. The number of hydrogen-bond donors (Lipinski definition) is 0. The van der Waals surface area contributed by atoms with Gasteiger partial charge >= 0.3 is 5.97 Å². The number of rotatable bonds is 7. The van der Waals surface area contributed by atoms with E-state index in [1.54, 1.807) is 0 Å². The Morgan fingerprint density at radius 3 is 2.52 bits per heavy atom. The van der Waals surface area contributed by atoms with Gasteiger partial charge in [-0.25, -0.2) is 3.96 Å². The Hall–Kier alpha value is -1.30. The Morgan fingerprint density at radius 1 is 1.26 bits per heavy atom. The molecule has 0 aliphatic heterocycles. The molecular weight excluding hydrogens is 357 g/mol. The van der Waals surface area contributed by atoms with Crippen LogP contribution in [0.15, 0.2) is 29.1 Å². The topological polar surface area (TPSA) is 48.3 Å². The normalized spacial score (nSPS) is 10.7. The number of esters is 1. The van der Waals surface area contributed by atoms with Gasteiger partial charge in [-0.3, -0.25) is 9.59 Å². The molecule has 124 valence electrons. The highest BCUT2D eigenvalue weighted by molar-refractivity contribution is 7.12. The van der Waals surface area contributed by atoms with E-state index in [2.05, 4.69) is 6.92 Å². The zero-order valence-corrected chi connectivity index (χ0v) is 15.0. The molecule has 2 rings (SSSR count). The first-order valence-electron chi connectivity index (χ1n) is 7.35. The molecule has 2 aromatic rings. The maximum atomic E-state index is 11.9.